The van der Waals surface area contributed by atoms with Crippen LogP contribution >= 0.6 is 15.9 Å². The fourth-order valence-corrected chi connectivity index (χ4v) is 2.18. The lowest BCUT2D eigenvalue weighted by Crippen LogP contribution is -2.21. The average molecular weight is 394 g/mol. The number of benzene rings is 2. The van der Waals surface area contributed by atoms with E-state index in [1.807, 2.05) is 0 Å². The van der Waals surface area contributed by atoms with Crippen molar-refractivity contribution in [1.29, 1.82) is 0 Å². The van der Waals surface area contributed by atoms with Gasteiger partial charge >= 0.3 is 5.97 Å². The highest BCUT2D eigenvalue weighted by molar-refractivity contribution is 9.10. The third-order valence-corrected chi connectivity index (χ3v) is 3.64. The molecule has 0 aliphatic rings. The molecule has 0 heterocycles. The van der Waals surface area contributed by atoms with E-state index in [-0.39, 0.29) is 16.9 Å². The van der Waals surface area contributed by atoms with Crippen molar-refractivity contribution < 1.29 is 19.2 Å². The zero-order chi connectivity index (χ0) is 17.7. The van der Waals surface area contributed by atoms with Gasteiger partial charge in [0.2, 0.25) is 0 Å². The number of halogens is 1. The molecule has 9 heteroatoms. The van der Waals surface area contributed by atoms with Crippen LogP contribution < -0.4 is 11.1 Å². The Morgan fingerprint density at radius 3 is 2.62 bits per heavy atom. The van der Waals surface area contributed by atoms with E-state index in [9.17, 15) is 19.7 Å². The van der Waals surface area contributed by atoms with Crippen molar-refractivity contribution in [2.75, 3.05) is 17.7 Å². The maximum absolute atomic E-state index is 12.0. The lowest BCUT2D eigenvalue weighted by Gasteiger charge is -2.09. The van der Waals surface area contributed by atoms with Crippen LogP contribution in [0.1, 0.15) is 10.4 Å². The Kier molecular flexibility index (Phi) is 5.48. The van der Waals surface area contributed by atoms with Gasteiger partial charge in [0.25, 0.3) is 11.6 Å². The smallest absolute Gasteiger partial charge is 0.341 e. The molecule has 0 radical (unpaired) electrons. The number of para-hydroxylation sites is 1. The number of nitro groups is 1. The highest BCUT2D eigenvalue weighted by atomic mass is 79.9. The van der Waals surface area contributed by atoms with E-state index >= 15 is 0 Å². The van der Waals surface area contributed by atoms with Gasteiger partial charge in [-0.1, -0.05) is 12.1 Å². The van der Waals surface area contributed by atoms with Gasteiger partial charge in [0.15, 0.2) is 6.61 Å². The van der Waals surface area contributed by atoms with Crippen LogP contribution in [0.3, 0.4) is 0 Å². The number of rotatable bonds is 5. The molecule has 8 nitrogen and oxygen atoms in total. The van der Waals surface area contributed by atoms with Crippen molar-refractivity contribution in [3.63, 3.8) is 0 Å². The normalized spacial score (nSPS) is 10.0. The lowest BCUT2D eigenvalue weighted by atomic mass is 10.1. The summed E-state index contributed by atoms with van der Waals surface area (Å²) in [5.41, 5.74) is 5.69. The molecule has 0 atom stereocenters. The van der Waals surface area contributed by atoms with Crippen molar-refractivity contribution in [2.24, 2.45) is 0 Å². The largest absolute Gasteiger partial charge is 0.452 e. The van der Waals surface area contributed by atoms with E-state index in [0.29, 0.717) is 10.2 Å². The Balaban J connectivity index is 2.00. The molecule has 1 amide bonds. The fraction of sp³-hybridized carbons (Fsp3) is 0.0667. The Hall–Kier alpha value is -2.94. The number of hydrogen-bond acceptors (Lipinski definition) is 6. The summed E-state index contributed by atoms with van der Waals surface area (Å²) < 4.78 is 5.52. The molecule has 0 unspecified atom stereocenters. The van der Waals surface area contributed by atoms with Crippen LogP contribution in [-0.2, 0) is 9.53 Å². The molecule has 2 rings (SSSR count). The Morgan fingerprint density at radius 1 is 1.25 bits per heavy atom. The second-order valence-corrected chi connectivity index (χ2v) is 5.49. The van der Waals surface area contributed by atoms with Crippen molar-refractivity contribution in [2.45, 2.75) is 0 Å². The zero-order valence-electron chi connectivity index (χ0n) is 12.2. The van der Waals surface area contributed by atoms with Gasteiger partial charge in [-0.25, -0.2) is 4.79 Å². The van der Waals surface area contributed by atoms with Gasteiger partial charge in [0, 0.05) is 22.3 Å². The first-order chi connectivity index (χ1) is 11.4. The van der Waals surface area contributed by atoms with Gasteiger partial charge in [-0.2, -0.15) is 0 Å². The minimum atomic E-state index is -0.918. The van der Waals surface area contributed by atoms with E-state index in [1.54, 1.807) is 24.3 Å². The van der Waals surface area contributed by atoms with Crippen molar-refractivity contribution in [3.05, 3.63) is 62.6 Å². The second-order valence-electron chi connectivity index (χ2n) is 4.63. The van der Waals surface area contributed by atoms with Crippen LogP contribution in [0.2, 0.25) is 0 Å². The number of nitro benzene ring substituents is 1. The third kappa shape index (κ3) is 4.29. The zero-order valence-corrected chi connectivity index (χ0v) is 13.8. The Bertz CT molecular complexity index is 809. The van der Waals surface area contributed by atoms with Gasteiger partial charge in [-0.05, 0) is 34.1 Å². The van der Waals surface area contributed by atoms with E-state index in [2.05, 4.69) is 21.2 Å². The number of nitrogen functional groups attached to an aromatic ring is 1. The Morgan fingerprint density at radius 2 is 1.96 bits per heavy atom. The summed E-state index contributed by atoms with van der Waals surface area (Å²) in [6.07, 6.45) is 0. The fourth-order valence-electron chi connectivity index (χ4n) is 1.79. The van der Waals surface area contributed by atoms with Crippen molar-refractivity contribution in [3.8, 4) is 0 Å². The summed E-state index contributed by atoms with van der Waals surface area (Å²) in [6, 6.07) is 10.3. The highest BCUT2D eigenvalue weighted by Crippen LogP contribution is 2.22. The number of amides is 1. The number of ether oxygens (including phenoxy) is 1. The standard InChI is InChI=1S/C15H12BrN3O5/c16-11-3-1-2-4-13(11)18-14(20)8-24-15(21)10-7-9(19(22)23)5-6-12(10)17/h1-7H,8,17H2,(H,18,20). The summed E-state index contributed by atoms with van der Waals surface area (Å²) in [6.45, 7) is -0.553. The number of carbonyl (C=O) groups is 2. The van der Waals surface area contributed by atoms with Crippen LogP contribution in [0.5, 0.6) is 0 Å². The predicted molar refractivity (Wildman–Crippen MR) is 90.6 cm³/mol. The molecule has 0 spiro atoms. The molecule has 0 aromatic heterocycles. The van der Waals surface area contributed by atoms with Gasteiger partial charge < -0.3 is 15.8 Å². The third-order valence-electron chi connectivity index (χ3n) is 2.95. The number of nitrogens with two attached hydrogens (primary N) is 1. The number of nitrogens with zero attached hydrogens (tertiary/aromatic N) is 1. The first kappa shape index (κ1) is 17.4. The number of carbonyl (C=O) groups excluding carboxylic acids is 2. The number of non-ortho nitro benzene ring substituents is 1. The number of nitrogens with one attached hydrogen (secondary N) is 1. The molecule has 2 aromatic carbocycles. The number of anilines is 2. The Labute approximate surface area is 144 Å². The molecule has 0 fully saturated rings. The first-order valence-corrected chi connectivity index (χ1v) is 7.43. The summed E-state index contributed by atoms with van der Waals surface area (Å²) in [5.74, 6) is -1.47. The maximum Gasteiger partial charge on any atom is 0.341 e. The predicted octanol–water partition coefficient (Wildman–Crippen LogP) is 2.74. The average Bonchev–Trinajstić information content (AvgIpc) is 2.55. The van der Waals surface area contributed by atoms with Gasteiger partial charge in [-0.15, -0.1) is 0 Å². The van der Waals surface area contributed by atoms with E-state index in [1.165, 1.54) is 12.1 Å². The van der Waals surface area contributed by atoms with Gasteiger partial charge in [0.1, 0.15) is 0 Å². The van der Waals surface area contributed by atoms with Crippen molar-refractivity contribution in [1.82, 2.24) is 0 Å². The summed E-state index contributed by atoms with van der Waals surface area (Å²) >= 11 is 3.27. The molecular weight excluding hydrogens is 382 g/mol. The SMILES string of the molecule is Nc1ccc([N+](=O)[O-])cc1C(=O)OCC(=O)Nc1ccccc1Br. The monoisotopic (exact) mass is 393 g/mol. The summed E-state index contributed by atoms with van der Waals surface area (Å²) in [5, 5.41) is 13.3. The highest BCUT2D eigenvalue weighted by Gasteiger charge is 2.17. The summed E-state index contributed by atoms with van der Waals surface area (Å²) in [7, 11) is 0. The molecule has 24 heavy (non-hydrogen) atoms. The topological polar surface area (TPSA) is 125 Å². The van der Waals surface area contributed by atoms with E-state index in [4.69, 9.17) is 10.5 Å². The van der Waals surface area contributed by atoms with Crippen LogP contribution in [-0.4, -0.2) is 23.4 Å². The molecule has 124 valence electrons. The molecule has 0 aliphatic heterocycles. The van der Waals surface area contributed by atoms with E-state index in [0.717, 1.165) is 6.07 Å². The van der Waals surface area contributed by atoms with Gasteiger partial charge in [-0.3, -0.25) is 14.9 Å². The molecule has 0 saturated carbocycles. The quantitative estimate of drug-likeness (QED) is 0.348. The molecular formula is C15H12BrN3O5. The number of esters is 1. The van der Waals surface area contributed by atoms with Crippen molar-refractivity contribution >= 4 is 44.9 Å². The molecule has 0 aliphatic carbocycles. The van der Waals surface area contributed by atoms with Gasteiger partial charge in [0.05, 0.1) is 16.2 Å². The number of hydrogen-bond donors (Lipinski definition) is 2. The lowest BCUT2D eigenvalue weighted by molar-refractivity contribution is -0.384. The van der Waals surface area contributed by atoms with Crippen LogP contribution in [0, 0.1) is 10.1 Å². The van der Waals surface area contributed by atoms with Crippen LogP contribution in [0.4, 0.5) is 17.1 Å². The summed E-state index contributed by atoms with van der Waals surface area (Å²) in [4.78, 5) is 33.8. The van der Waals surface area contributed by atoms with Crippen LogP contribution in [0.15, 0.2) is 46.9 Å². The minimum absolute atomic E-state index is 0.0248. The molecule has 2 aromatic rings. The maximum atomic E-state index is 12.0. The molecule has 0 saturated heterocycles. The minimum Gasteiger partial charge on any atom is -0.452 e. The first-order valence-electron chi connectivity index (χ1n) is 6.64. The molecule has 3 N–H and O–H groups in total. The second kappa shape index (κ2) is 7.55. The van der Waals surface area contributed by atoms with E-state index < -0.39 is 23.4 Å². The molecule has 0 bridgehead atoms. The van der Waals surface area contributed by atoms with Crippen LogP contribution in [0.25, 0.3) is 0 Å².